The van der Waals surface area contributed by atoms with Crippen LogP contribution >= 0.6 is 0 Å². The van der Waals surface area contributed by atoms with Crippen LogP contribution in [0.25, 0.3) is 0 Å². The maximum absolute atomic E-state index is 12.5. The summed E-state index contributed by atoms with van der Waals surface area (Å²) in [6, 6.07) is 14.2. The van der Waals surface area contributed by atoms with Crippen molar-refractivity contribution in [2.75, 3.05) is 6.61 Å². The Kier molecular flexibility index (Phi) is 14.6. The summed E-state index contributed by atoms with van der Waals surface area (Å²) >= 11 is 0. The van der Waals surface area contributed by atoms with Gasteiger partial charge in [-0.05, 0) is 60.7 Å². The maximum Gasteiger partial charge on any atom is 0.343 e. The van der Waals surface area contributed by atoms with Gasteiger partial charge in [0.1, 0.15) is 5.75 Å². The summed E-state index contributed by atoms with van der Waals surface area (Å²) in [6.07, 6.45) is 16.8. The maximum atomic E-state index is 12.5. The van der Waals surface area contributed by atoms with Gasteiger partial charge in [0, 0.05) is 0 Å². The Morgan fingerprint density at radius 1 is 0.667 bits per heavy atom. The lowest BCUT2D eigenvalue weighted by molar-refractivity contribution is 0.0447. The van der Waals surface area contributed by atoms with Gasteiger partial charge in [-0.1, -0.05) is 104 Å². The largest absolute Gasteiger partial charge is 0.462 e. The quantitative estimate of drug-likeness (QED) is 0.118. The average molecular weight is 495 g/mol. The van der Waals surface area contributed by atoms with Gasteiger partial charge in [0.2, 0.25) is 0 Å². The second-order valence-corrected chi connectivity index (χ2v) is 10.0. The van der Waals surface area contributed by atoms with Gasteiger partial charge < -0.3 is 9.47 Å². The lowest BCUT2D eigenvalue weighted by Gasteiger charge is -2.10. The molecular weight excluding hydrogens is 448 g/mol. The van der Waals surface area contributed by atoms with E-state index in [1.807, 2.05) is 31.2 Å². The van der Waals surface area contributed by atoms with Gasteiger partial charge in [-0.3, -0.25) is 0 Å². The molecule has 0 amide bonds. The fourth-order valence-electron chi connectivity index (χ4n) is 4.04. The molecule has 0 spiro atoms. The summed E-state index contributed by atoms with van der Waals surface area (Å²) in [7, 11) is 0. The first kappa shape index (κ1) is 29.6. The van der Waals surface area contributed by atoms with Crippen LogP contribution in [0, 0.1) is 5.92 Å². The fourth-order valence-corrected chi connectivity index (χ4v) is 4.04. The van der Waals surface area contributed by atoms with Crippen LogP contribution in [0.3, 0.4) is 0 Å². The Bertz CT molecular complexity index is 870. The molecule has 36 heavy (non-hydrogen) atoms. The molecule has 0 radical (unpaired) electrons. The van der Waals surface area contributed by atoms with Crippen molar-refractivity contribution in [3.8, 4) is 5.75 Å². The minimum atomic E-state index is -0.400. The van der Waals surface area contributed by atoms with Crippen LogP contribution in [-0.4, -0.2) is 18.5 Å². The molecule has 0 aromatic heterocycles. The van der Waals surface area contributed by atoms with Crippen molar-refractivity contribution in [3.05, 3.63) is 65.2 Å². The van der Waals surface area contributed by atoms with E-state index in [9.17, 15) is 9.59 Å². The SMILES string of the molecule is CCCCCCCCCCCCCc1ccc(C(=O)Oc2ccc(C(=O)OCC(C)CC)cc2)cc1. The molecule has 0 bridgehead atoms. The average Bonchev–Trinajstić information content (AvgIpc) is 2.90. The molecule has 0 aliphatic heterocycles. The van der Waals surface area contributed by atoms with E-state index in [0.717, 1.165) is 12.8 Å². The third-order valence-corrected chi connectivity index (χ3v) is 6.76. The number of carbonyl (C=O) groups is 2. The molecule has 2 rings (SSSR count). The topological polar surface area (TPSA) is 52.6 Å². The molecule has 0 fully saturated rings. The van der Waals surface area contributed by atoms with Crippen molar-refractivity contribution in [3.63, 3.8) is 0 Å². The molecule has 1 atom stereocenters. The number of unbranched alkanes of at least 4 members (excludes halogenated alkanes) is 10. The lowest BCUT2D eigenvalue weighted by Crippen LogP contribution is -2.12. The van der Waals surface area contributed by atoms with Gasteiger partial charge in [0.15, 0.2) is 0 Å². The van der Waals surface area contributed by atoms with Crippen LogP contribution in [0.15, 0.2) is 48.5 Å². The third kappa shape index (κ3) is 11.9. The zero-order chi connectivity index (χ0) is 26.0. The number of hydrogen-bond donors (Lipinski definition) is 0. The predicted octanol–water partition coefficient (Wildman–Crippen LogP) is 8.96. The van der Waals surface area contributed by atoms with Gasteiger partial charge >= 0.3 is 11.9 Å². The molecule has 1 unspecified atom stereocenters. The molecule has 2 aromatic rings. The third-order valence-electron chi connectivity index (χ3n) is 6.76. The Labute approximate surface area is 218 Å². The molecule has 4 heteroatoms. The molecule has 0 aliphatic rings. The Balaban J connectivity index is 1.64. The molecule has 0 heterocycles. The van der Waals surface area contributed by atoms with Crippen molar-refractivity contribution >= 4 is 11.9 Å². The summed E-state index contributed by atoms with van der Waals surface area (Å²) < 4.78 is 10.8. The normalized spacial score (nSPS) is 11.8. The highest BCUT2D eigenvalue weighted by Gasteiger charge is 2.12. The number of benzene rings is 2. The number of ether oxygens (including phenoxy) is 2. The van der Waals surface area contributed by atoms with Gasteiger partial charge in [-0.2, -0.15) is 0 Å². The first-order chi connectivity index (χ1) is 17.5. The van der Waals surface area contributed by atoms with Crippen LogP contribution < -0.4 is 4.74 Å². The van der Waals surface area contributed by atoms with Crippen molar-refractivity contribution in [2.24, 2.45) is 5.92 Å². The minimum absolute atomic E-state index is 0.334. The van der Waals surface area contributed by atoms with Crippen molar-refractivity contribution in [1.82, 2.24) is 0 Å². The molecule has 4 nitrogen and oxygen atoms in total. The molecule has 0 aliphatic carbocycles. The van der Waals surface area contributed by atoms with Crippen LogP contribution in [-0.2, 0) is 11.2 Å². The van der Waals surface area contributed by atoms with Gasteiger partial charge in [-0.25, -0.2) is 9.59 Å². The Morgan fingerprint density at radius 2 is 1.17 bits per heavy atom. The molecule has 198 valence electrons. The van der Waals surface area contributed by atoms with Crippen molar-refractivity contribution in [2.45, 2.75) is 104 Å². The number of aryl methyl sites for hydroxylation is 1. The highest BCUT2D eigenvalue weighted by Crippen LogP contribution is 2.17. The van der Waals surface area contributed by atoms with Crippen LogP contribution in [0.2, 0.25) is 0 Å². The summed E-state index contributed by atoms with van der Waals surface area (Å²) in [5.41, 5.74) is 2.22. The Morgan fingerprint density at radius 3 is 1.72 bits per heavy atom. The summed E-state index contributed by atoms with van der Waals surface area (Å²) in [5.74, 6) is -0.0197. The molecular formula is C32H46O4. The van der Waals surface area contributed by atoms with E-state index in [0.29, 0.717) is 29.4 Å². The number of hydrogen-bond acceptors (Lipinski definition) is 4. The number of rotatable bonds is 18. The first-order valence-electron chi connectivity index (χ1n) is 14.1. The van der Waals surface area contributed by atoms with E-state index in [1.165, 1.54) is 76.2 Å². The second-order valence-electron chi connectivity index (χ2n) is 10.0. The van der Waals surface area contributed by atoms with Crippen molar-refractivity contribution in [1.29, 1.82) is 0 Å². The molecule has 0 saturated heterocycles. The zero-order valence-corrected chi connectivity index (χ0v) is 22.7. The second kappa shape index (κ2) is 17.8. The Hall–Kier alpha value is -2.62. The zero-order valence-electron chi connectivity index (χ0n) is 22.7. The van der Waals surface area contributed by atoms with E-state index in [2.05, 4.69) is 13.8 Å². The number of esters is 2. The molecule has 2 aromatic carbocycles. The summed E-state index contributed by atoms with van der Waals surface area (Å²) in [6.45, 7) is 6.78. The first-order valence-corrected chi connectivity index (χ1v) is 14.1. The van der Waals surface area contributed by atoms with Crippen molar-refractivity contribution < 1.29 is 19.1 Å². The fraction of sp³-hybridized carbons (Fsp3) is 0.562. The lowest BCUT2D eigenvalue weighted by atomic mass is 10.0. The predicted molar refractivity (Wildman–Crippen MR) is 148 cm³/mol. The smallest absolute Gasteiger partial charge is 0.343 e. The highest BCUT2D eigenvalue weighted by molar-refractivity contribution is 5.92. The number of carbonyl (C=O) groups excluding carboxylic acids is 2. The van der Waals surface area contributed by atoms with Gasteiger partial charge in [0.05, 0.1) is 17.7 Å². The summed E-state index contributed by atoms with van der Waals surface area (Å²) in [5, 5.41) is 0. The van der Waals surface area contributed by atoms with Gasteiger partial charge in [0.25, 0.3) is 0 Å². The highest BCUT2D eigenvalue weighted by atomic mass is 16.5. The van der Waals surface area contributed by atoms with Crippen LogP contribution in [0.5, 0.6) is 5.75 Å². The van der Waals surface area contributed by atoms with E-state index in [1.54, 1.807) is 24.3 Å². The standard InChI is InChI=1S/C32H46O4/c1-4-6-7-8-9-10-11-12-13-14-15-16-27-17-19-29(20-18-27)32(34)36-30-23-21-28(22-24-30)31(33)35-25-26(3)5-2/h17-24,26H,4-16,25H2,1-3H3. The van der Waals surface area contributed by atoms with E-state index in [4.69, 9.17) is 9.47 Å². The van der Waals surface area contributed by atoms with Crippen LogP contribution in [0.1, 0.15) is 124 Å². The molecule has 0 N–H and O–H groups in total. The van der Waals surface area contributed by atoms with Crippen LogP contribution in [0.4, 0.5) is 0 Å². The van der Waals surface area contributed by atoms with E-state index in [-0.39, 0.29) is 5.97 Å². The molecule has 0 saturated carbocycles. The van der Waals surface area contributed by atoms with E-state index < -0.39 is 5.97 Å². The minimum Gasteiger partial charge on any atom is -0.462 e. The van der Waals surface area contributed by atoms with E-state index >= 15 is 0 Å². The monoisotopic (exact) mass is 494 g/mol. The van der Waals surface area contributed by atoms with Gasteiger partial charge in [-0.15, -0.1) is 0 Å². The summed E-state index contributed by atoms with van der Waals surface area (Å²) in [4.78, 5) is 24.6.